The van der Waals surface area contributed by atoms with Crippen molar-refractivity contribution >= 4 is 5.91 Å². The van der Waals surface area contributed by atoms with Crippen LogP contribution in [-0.4, -0.2) is 62.3 Å². The summed E-state index contributed by atoms with van der Waals surface area (Å²) in [6.07, 6.45) is -0.102. The predicted octanol–water partition coefficient (Wildman–Crippen LogP) is 1.40. The van der Waals surface area contributed by atoms with Crippen LogP contribution in [-0.2, 0) is 16.1 Å². The number of nitrogens with one attached hydrogen (secondary N) is 2. The summed E-state index contributed by atoms with van der Waals surface area (Å²) >= 11 is 0. The Balaban J connectivity index is 1.73. The number of rotatable bonds is 9. The van der Waals surface area contributed by atoms with Crippen LogP contribution in [0.3, 0.4) is 0 Å². The topological polar surface area (TPSA) is 62.8 Å². The second-order valence-electron chi connectivity index (χ2n) is 6.24. The molecule has 6 nitrogen and oxygen atoms in total. The molecule has 2 rings (SSSR count). The average molecular weight is 349 g/mol. The minimum Gasteiger partial charge on any atom is -0.492 e. The molecule has 25 heavy (non-hydrogen) atoms. The number of nitrogens with zero attached hydrogens (tertiary/aromatic N) is 1. The van der Waals surface area contributed by atoms with Crippen LogP contribution >= 0.6 is 0 Å². The lowest BCUT2D eigenvalue weighted by molar-refractivity contribution is -0.129. The van der Waals surface area contributed by atoms with Gasteiger partial charge >= 0.3 is 0 Å². The fourth-order valence-electron chi connectivity index (χ4n) is 2.86. The van der Waals surface area contributed by atoms with Gasteiger partial charge in [0.2, 0.25) is 5.91 Å². The van der Waals surface area contributed by atoms with Crippen LogP contribution in [0.15, 0.2) is 24.3 Å². The van der Waals surface area contributed by atoms with Crippen LogP contribution in [0, 0.1) is 0 Å². The molecule has 140 valence electrons. The number of benzene rings is 1. The summed E-state index contributed by atoms with van der Waals surface area (Å²) in [6.45, 7) is 11.8. The largest absolute Gasteiger partial charge is 0.492 e. The zero-order chi connectivity index (χ0) is 18.1. The summed E-state index contributed by atoms with van der Waals surface area (Å²) in [7, 11) is 0. The molecule has 1 amide bonds. The van der Waals surface area contributed by atoms with Crippen LogP contribution < -0.4 is 15.4 Å². The van der Waals surface area contributed by atoms with Crippen molar-refractivity contribution in [2.45, 2.75) is 39.5 Å². The fraction of sp³-hybridized carbons (Fsp3) is 0.632. The van der Waals surface area contributed by atoms with Gasteiger partial charge in [-0.2, -0.15) is 0 Å². The van der Waals surface area contributed by atoms with E-state index in [0.29, 0.717) is 26.3 Å². The summed E-state index contributed by atoms with van der Waals surface area (Å²) < 4.78 is 11.3. The number of hydrogen-bond donors (Lipinski definition) is 2. The molecule has 0 unspecified atom stereocenters. The van der Waals surface area contributed by atoms with E-state index >= 15 is 0 Å². The molecule has 0 aromatic heterocycles. The first-order valence-corrected chi connectivity index (χ1v) is 9.20. The van der Waals surface area contributed by atoms with Crippen LogP contribution in [0.1, 0.15) is 26.3 Å². The fourth-order valence-corrected chi connectivity index (χ4v) is 2.86. The Morgan fingerprint density at radius 2 is 2.04 bits per heavy atom. The SMILES string of the molecule is CCN(CC)CCOc1ccc(CNC(=O)[C@H]2NCCO[C@@H]2C)cc1. The molecule has 2 atom stereocenters. The summed E-state index contributed by atoms with van der Waals surface area (Å²) in [5.41, 5.74) is 1.05. The minimum absolute atomic E-state index is 0.0215. The second-order valence-corrected chi connectivity index (χ2v) is 6.24. The Morgan fingerprint density at radius 1 is 1.32 bits per heavy atom. The molecule has 1 aliphatic rings. The number of morpholine rings is 1. The standard InChI is InChI=1S/C19H31N3O3/c1-4-22(5-2)11-13-25-17-8-6-16(7-9-17)14-21-19(23)18-15(3)24-12-10-20-18/h6-9,15,18,20H,4-5,10-14H2,1-3H3,(H,21,23)/t15-,18+/m1/s1. The number of carbonyl (C=O) groups excluding carboxylic acids is 1. The van der Waals surface area contributed by atoms with Gasteiger partial charge in [0.1, 0.15) is 18.4 Å². The highest BCUT2D eigenvalue weighted by Crippen LogP contribution is 2.12. The van der Waals surface area contributed by atoms with Crippen LogP contribution in [0.25, 0.3) is 0 Å². The second kappa shape index (κ2) is 10.4. The van der Waals surface area contributed by atoms with Gasteiger partial charge in [-0.15, -0.1) is 0 Å². The normalized spacial score (nSPS) is 20.5. The van der Waals surface area contributed by atoms with E-state index < -0.39 is 0 Å². The quantitative estimate of drug-likeness (QED) is 0.706. The Kier molecular flexibility index (Phi) is 8.18. The third-order valence-electron chi connectivity index (χ3n) is 4.56. The summed E-state index contributed by atoms with van der Waals surface area (Å²) in [5.74, 6) is 0.838. The van der Waals surface area contributed by atoms with Gasteiger partial charge < -0.3 is 25.0 Å². The molecule has 1 fully saturated rings. The number of ether oxygens (including phenoxy) is 2. The van der Waals surface area contributed by atoms with Crippen molar-refractivity contribution in [3.05, 3.63) is 29.8 Å². The van der Waals surface area contributed by atoms with E-state index in [1.807, 2.05) is 31.2 Å². The number of hydrogen-bond acceptors (Lipinski definition) is 5. The molecular formula is C19H31N3O3. The zero-order valence-corrected chi connectivity index (χ0v) is 15.6. The van der Waals surface area contributed by atoms with Crippen molar-refractivity contribution in [3.63, 3.8) is 0 Å². The lowest BCUT2D eigenvalue weighted by Gasteiger charge is -2.29. The van der Waals surface area contributed by atoms with Gasteiger partial charge in [0, 0.05) is 19.6 Å². The molecule has 0 bridgehead atoms. The van der Waals surface area contributed by atoms with Crippen molar-refractivity contribution in [1.82, 2.24) is 15.5 Å². The van der Waals surface area contributed by atoms with Crippen LogP contribution in [0.5, 0.6) is 5.75 Å². The number of likely N-dealkylation sites (N-methyl/N-ethyl adjacent to an activating group) is 1. The Hall–Kier alpha value is -1.63. The van der Waals surface area contributed by atoms with Gasteiger partial charge in [-0.3, -0.25) is 4.79 Å². The van der Waals surface area contributed by atoms with Gasteiger partial charge in [-0.1, -0.05) is 26.0 Å². The molecule has 0 radical (unpaired) electrons. The maximum Gasteiger partial charge on any atom is 0.240 e. The van der Waals surface area contributed by atoms with Crippen molar-refractivity contribution < 1.29 is 14.3 Å². The highest BCUT2D eigenvalue weighted by atomic mass is 16.5. The maximum absolute atomic E-state index is 12.2. The van der Waals surface area contributed by atoms with Crippen LogP contribution in [0.2, 0.25) is 0 Å². The van der Waals surface area contributed by atoms with E-state index in [2.05, 4.69) is 29.4 Å². The number of carbonyl (C=O) groups is 1. The minimum atomic E-state index is -0.281. The Bertz CT molecular complexity index is 517. The predicted molar refractivity (Wildman–Crippen MR) is 98.8 cm³/mol. The summed E-state index contributed by atoms with van der Waals surface area (Å²) in [5, 5.41) is 6.16. The first kappa shape index (κ1) is 19.7. The van der Waals surface area contributed by atoms with E-state index in [-0.39, 0.29) is 18.1 Å². The molecule has 1 aliphatic heterocycles. The molecule has 0 aliphatic carbocycles. The lowest BCUT2D eigenvalue weighted by atomic mass is 10.1. The summed E-state index contributed by atoms with van der Waals surface area (Å²) in [6, 6.07) is 7.60. The highest BCUT2D eigenvalue weighted by molar-refractivity contribution is 5.82. The van der Waals surface area contributed by atoms with Crippen molar-refractivity contribution in [2.75, 3.05) is 39.4 Å². The smallest absolute Gasteiger partial charge is 0.240 e. The van der Waals surface area contributed by atoms with Gasteiger partial charge in [-0.25, -0.2) is 0 Å². The van der Waals surface area contributed by atoms with Gasteiger partial charge in [-0.05, 0) is 37.7 Å². The molecule has 1 aromatic rings. The summed E-state index contributed by atoms with van der Waals surface area (Å²) in [4.78, 5) is 14.6. The Morgan fingerprint density at radius 3 is 2.68 bits per heavy atom. The average Bonchev–Trinajstić information content (AvgIpc) is 2.64. The van der Waals surface area contributed by atoms with Gasteiger partial charge in [0.25, 0.3) is 0 Å². The van der Waals surface area contributed by atoms with E-state index in [1.165, 1.54) is 0 Å². The van der Waals surface area contributed by atoms with E-state index in [1.54, 1.807) is 0 Å². The molecule has 2 N–H and O–H groups in total. The molecule has 0 spiro atoms. The van der Waals surface area contributed by atoms with Crippen molar-refractivity contribution in [1.29, 1.82) is 0 Å². The van der Waals surface area contributed by atoms with Crippen molar-refractivity contribution in [2.24, 2.45) is 0 Å². The molecule has 0 saturated carbocycles. The monoisotopic (exact) mass is 349 g/mol. The van der Waals surface area contributed by atoms with E-state index in [4.69, 9.17) is 9.47 Å². The lowest BCUT2D eigenvalue weighted by Crippen LogP contribution is -2.55. The maximum atomic E-state index is 12.2. The Labute approximate surface area is 150 Å². The van der Waals surface area contributed by atoms with Gasteiger partial charge in [0.05, 0.1) is 12.7 Å². The van der Waals surface area contributed by atoms with E-state index in [9.17, 15) is 4.79 Å². The first-order valence-electron chi connectivity index (χ1n) is 9.20. The highest BCUT2D eigenvalue weighted by Gasteiger charge is 2.27. The third-order valence-corrected chi connectivity index (χ3v) is 4.56. The molecule has 1 saturated heterocycles. The third kappa shape index (κ3) is 6.30. The molecule has 6 heteroatoms. The first-order chi connectivity index (χ1) is 12.1. The zero-order valence-electron chi connectivity index (χ0n) is 15.6. The van der Waals surface area contributed by atoms with E-state index in [0.717, 1.165) is 30.9 Å². The molecule has 1 aromatic carbocycles. The van der Waals surface area contributed by atoms with Crippen LogP contribution in [0.4, 0.5) is 0 Å². The van der Waals surface area contributed by atoms with Crippen molar-refractivity contribution in [3.8, 4) is 5.75 Å². The molecule has 1 heterocycles. The molecular weight excluding hydrogens is 318 g/mol. The number of amides is 1. The van der Waals surface area contributed by atoms with Gasteiger partial charge in [0.15, 0.2) is 0 Å².